The largest absolute Gasteiger partial charge is 0.497 e. The number of nitrogens with one attached hydrogen (secondary N) is 2. The second-order valence-corrected chi connectivity index (χ2v) is 8.05. The highest BCUT2D eigenvalue weighted by atomic mass is 16.5. The number of rotatable bonds is 8. The molecule has 1 aromatic rings. The quantitative estimate of drug-likeness (QED) is 0.530. The van der Waals surface area contributed by atoms with Crippen LogP contribution in [-0.4, -0.2) is 75.7 Å². The molecule has 28 heavy (non-hydrogen) atoms. The van der Waals surface area contributed by atoms with Gasteiger partial charge in [0.05, 0.1) is 19.7 Å². The standard InChI is InChI=1S/C22H37N5O/c1-4-23-22(24-15-18-11-14-26(2)17-18)25-16-21(27-12-5-6-13-27)19-7-9-20(28-3)10-8-19/h7-10,18,21H,4-6,11-17H2,1-3H3,(H2,23,24,25). The number of guanidine groups is 1. The second-order valence-electron chi connectivity index (χ2n) is 8.05. The first-order chi connectivity index (χ1) is 13.7. The van der Waals surface area contributed by atoms with Crippen LogP contribution in [0, 0.1) is 5.92 Å². The summed E-state index contributed by atoms with van der Waals surface area (Å²) in [6.45, 7) is 9.47. The molecule has 0 spiro atoms. The van der Waals surface area contributed by atoms with Crippen molar-refractivity contribution in [3.05, 3.63) is 29.8 Å². The van der Waals surface area contributed by atoms with Gasteiger partial charge in [0.2, 0.25) is 0 Å². The van der Waals surface area contributed by atoms with E-state index in [0.29, 0.717) is 12.0 Å². The van der Waals surface area contributed by atoms with Crippen molar-refractivity contribution in [2.75, 3.05) is 60.0 Å². The average Bonchev–Trinajstić information content (AvgIpc) is 3.38. The molecule has 2 atom stereocenters. The van der Waals surface area contributed by atoms with E-state index in [1.54, 1.807) is 7.11 Å². The normalized spacial score (nSPS) is 22.4. The summed E-state index contributed by atoms with van der Waals surface area (Å²) in [5.41, 5.74) is 1.32. The lowest BCUT2D eigenvalue weighted by molar-refractivity contribution is 0.251. The molecule has 0 amide bonds. The Morgan fingerprint density at radius 2 is 1.93 bits per heavy atom. The fourth-order valence-corrected chi connectivity index (χ4v) is 4.26. The first-order valence-corrected chi connectivity index (χ1v) is 10.8. The van der Waals surface area contributed by atoms with Crippen LogP contribution in [0.15, 0.2) is 29.3 Å². The average molecular weight is 388 g/mol. The molecule has 0 radical (unpaired) electrons. The molecule has 2 saturated heterocycles. The molecule has 156 valence electrons. The zero-order chi connectivity index (χ0) is 19.8. The molecule has 0 bridgehead atoms. The van der Waals surface area contributed by atoms with Gasteiger partial charge >= 0.3 is 0 Å². The minimum Gasteiger partial charge on any atom is -0.497 e. The van der Waals surface area contributed by atoms with Crippen LogP contribution in [0.25, 0.3) is 0 Å². The first kappa shape index (κ1) is 20.9. The number of hydrogen-bond acceptors (Lipinski definition) is 4. The van der Waals surface area contributed by atoms with Crippen molar-refractivity contribution in [3.8, 4) is 5.75 Å². The van der Waals surface area contributed by atoms with Gasteiger partial charge in [0.25, 0.3) is 0 Å². The molecule has 2 fully saturated rings. The number of benzene rings is 1. The molecular weight excluding hydrogens is 350 g/mol. The fourth-order valence-electron chi connectivity index (χ4n) is 4.26. The smallest absolute Gasteiger partial charge is 0.191 e. The zero-order valence-electron chi connectivity index (χ0n) is 17.8. The number of hydrogen-bond donors (Lipinski definition) is 2. The number of likely N-dealkylation sites (tertiary alicyclic amines) is 2. The van der Waals surface area contributed by atoms with E-state index in [1.165, 1.54) is 37.9 Å². The van der Waals surface area contributed by atoms with Crippen molar-refractivity contribution in [3.63, 3.8) is 0 Å². The minimum absolute atomic E-state index is 0.321. The van der Waals surface area contributed by atoms with Gasteiger partial charge in [0, 0.05) is 19.6 Å². The molecular formula is C22H37N5O. The Morgan fingerprint density at radius 3 is 2.54 bits per heavy atom. The number of nitrogens with zero attached hydrogens (tertiary/aromatic N) is 3. The Hall–Kier alpha value is -1.79. The SMILES string of the molecule is CCNC(=NCC(c1ccc(OC)cc1)N1CCCC1)NCC1CCN(C)C1. The van der Waals surface area contributed by atoms with Crippen LogP contribution in [0.3, 0.4) is 0 Å². The predicted molar refractivity (Wildman–Crippen MR) is 116 cm³/mol. The topological polar surface area (TPSA) is 52.1 Å². The van der Waals surface area contributed by atoms with Crippen LogP contribution in [0.1, 0.15) is 37.8 Å². The Balaban J connectivity index is 1.65. The summed E-state index contributed by atoms with van der Waals surface area (Å²) in [6.07, 6.45) is 3.83. The van der Waals surface area contributed by atoms with Gasteiger partial charge in [-0.3, -0.25) is 9.89 Å². The van der Waals surface area contributed by atoms with Crippen LogP contribution >= 0.6 is 0 Å². The maximum atomic E-state index is 5.33. The molecule has 2 N–H and O–H groups in total. The van der Waals surface area contributed by atoms with Crippen LogP contribution in [0.4, 0.5) is 0 Å². The van der Waals surface area contributed by atoms with Crippen LogP contribution in [0.5, 0.6) is 5.75 Å². The Bertz CT molecular complexity index is 612. The number of ether oxygens (including phenoxy) is 1. The summed E-state index contributed by atoms with van der Waals surface area (Å²) >= 11 is 0. The maximum Gasteiger partial charge on any atom is 0.191 e. The van der Waals surface area contributed by atoms with E-state index in [0.717, 1.165) is 44.4 Å². The third kappa shape index (κ3) is 5.85. The molecule has 2 aliphatic rings. The van der Waals surface area contributed by atoms with Crippen molar-refractivity contribution >= 4 is 5.96 Å². The summed E-state index contributed by atoms with van der Waals surface area (Å²) in [7, 11) is 3.92. The van der Waals surface area contributed by atoms with E-state index in [9.17, 15) is 0 Å². The lowest BCUT2D eigenvalue weighted by Gasteiger charge is -2.27. The predicted octanol–water partition coefficient (Wildman–Crippen LogP) is 2.34. The monoisotopic (exact) mass is 387 g/mol. The van der Waals surface area contributed by atoms with E-state index in [4.69, 9.17) is 9.73 Å². The minimum atomic E-state index is 0.321. The van der Waals surface area contributed by atoms with Gasteiger partial charge in [-0.05, 0) is 76.5 Å². The third-order valence-corrected chi connectivity index (χ3v) is 5.90. The van der Waals surface area contributed by atoms with Crippen molar-refractivity contribution in [1.29, 1.82) is 0 Å². The van der Waals surface area contributed by atoms with Gasteiger partial charge in [-0.25, -0.2) is 0 Å². The summed E-state index contributed by atoms with van der Waals surface area (Å²) in [4.78, 5) is 9.94. The van der Waals surface area contributed by atoms with Crippen molar-refractivity contribution in [1.82, 2.24) is 20.4 Å². The van der Waals surface area contributed by atoms with E-state index < -0.39 is 0 Å². The highest BCUT2D eigenvalue weighted by Gasteiger charge is 2.24. The van der Waals surface area contributed by atoms with Gasteiger partial charge in [-0.2, -0.15) is 0 Å². The third-order valence-electron chi connectivity index (χ3n) is 5.90. The molecule has 3 rings (SSSR count). The van der Waals surface area contributed by atoms with E-state index in [1.807, 2.05) is 0 Å². The van der Waals surface area contributed by atoms with Gasteiger partial charge in [-0.1, -0.05) is 12.1 Å². The van der Waals surface area contributed by atoms with E-state index in [2.05, 4.69) is 58.7 Å². The Kier molecular flexibility index (Phi) is 7.98. The van der Waals surface area contributed by atoms with Crippen LogP contribution < -0.4 is 15.4 Å². The molecule has 2 heterocycles. The van der Waals surface area contributed by atoms with Crippen LogP contribution in [0.2, 0.25) is 0 Å². The van der Waals surface area contributed by atoms with Gasteiger partial charge in [0.1, 0.15) is 5.75 Å². The maximum absolute atomic E-state index is 5.33. The van der Waals surface area contributed by atoms with Crippen molar-refractivity contribution in [2.45, 2.75) is 32.2 Å². The van der Waals surface area contributed by atoms with Gasteiger partial charge in [-0.15, -0.1) is 0 Å². The van der Waals surface area contributed by atoms with Gasteiger partial charge in [0.15, 0.2) is 5.96 Å². The van der Waals surface area contributed by atoms with E-state index in [-0.39, 0.29) is 0 Å². The van der Waals surface area contributed by atoms with Gasteiger partial charge < -0.3 is 20.3 Å². The first-order valence-electron chi connectivity index (χ1n) is 10.8. The number of aliphatic imine (C=N–C) groups is 1. The summed E-state index contributed by atoms with van der Waals surface area (Å²) in [5, 5.41) is 6.99. The molecule has 0 aliphatic carbocycles. The molecule has 0 saturated carbocycles. The summed E-state index contributed by atoms with van der Waals surface area (Å²) in [5.74, 6) is 2.56. The lowest BCUT2D eigenvalue weighted by Crippen LogP contribution is -2.41. The van der Waals surface area contributed by atoms with Crippen LogP contribution in [-0.2, 0) is 0 Å². The summed E-state index contributed by atoms with van der Waals surface area (Å²) < 4.78 is 5.33. The highest BCUT2D eigenvalue weighted by molar-refractivity contribution is 5.79. The molecule has 2 aliphatic heterocycles. The molecule has 6 nitrogen and oxygen atoms in total. The Morgan fingerprint density at radius 1 is 1.18 bits per heavy atom. The zero-order valence-corrected chi connectivity index (χ0v) is 17.8. The van der Waals surface area contributed by atoms with Crippen molar-refractivity contribution < 1.29 is 4.74 Å². The molecule has 6 heteroatoms. The molecule has 2 unspecified atom stereocenters. The number of methoxy groups -OCH3 is 1. The second kappa shape index (κ2) is 10.7. The lowest BCUT2D eigenvalue weighted by atomic mass is 10.1. The highest BCUT2D eigenvalue weighted by Crippen LogP contribution is 2.27. The Labute approximate surface area is 170 Å². The van der Waals surface area contributed by atoms with E-state index >= 15 is 0 Å². The summed E-state index contributed by atoms with van der Waals surface area (Å²) in [6, 6.07) is 8.81. The van der Waals surface area contributed by atoms with Crippen molar-refractivity contribution in [2.24, 2.45) is 10.9 Å². The fraction of sp³-hybridized carbons (Fsp3) is 0.682. The molecule has 1 aromatic carbocycles. The molecule has 0 aromatic heterocycles.